The number of nitrogens with zero attached hydrogens (tertiary/aromatic N) is 1. The van der Waals surface area contributed by atoms with Crippen molar-refractivity contribution in [2.45, 2.75) is 18.6 Å². The molecule has 0 saturated heterocycles. The number of rotatable bonds is 7. The number of fused-ring (bicyclic) bond motifs is 1. The first-order valence-electron chi connectivity index (χ1n) is 8.57. The van der Waals surface area contributed by atoms with E-state index in [1.807, 2.05) is 18.4 Å². The summed E-state index contributed by atoms with van der Waals surface area (Å²) in [6.45, 7) is 0.0972. The first-order chi connectivity index (χ1) is 13.2. The Kier molecular flexibility index (Phi) is 6.54. The first kappa shape index (κ1) is 19.0. The number of amides is 2. The van der Waals surface area contributed by atoms with Crippen LogP contribution in [0.1, 0.15) is 6.42 Å². The van der Waals surface area contributed by atoms with Gasteiger partial charge >= 0.3 is 0 Å². The van der Waals surface area contributed by atoms with E-state index in [1.165, 1.54) is 0 Å². The average Bonchev–Trinajstić information content (AvgIpc) is 2.71. The second-order valence-corrected chi connectivity index (χ2v) is 6.90. The van der Waals surface area contributed by atoms with Crippen LogP contribution in [-0.4, -0.2) is 47.6 Å². The van der Waals surface area contributed by atoms with Gasteiger partial charge in [-0.3, -0.25) is 9.59 Å². The SMILES string of the molecule is CSCC[C@H](NC(=O)[C@@H]1COc2ccccc2O1)C(=O)Nc1ccccn1. The molecule has 2 heterocycles. The summed E-state index contributed by atoms with van der Waals surface area (Å²) in [7, 11) is 0. The molecule has 1 aromatic heterocycles. The Balaban J connectivity index is 1.63. The fourth-order valence-corrected chi connectivity index (χ4v) is 3.04. The summed E-state index contributed by atoms with van der Waals surface area (Å²) in [5, 5.41) is 5.50. The van der Waals surface area contributed by atoms with Gasteiger partial charge in [0.2, 0.25) is 12.0 Å². The van der Waals surface area contributed by atoms with Gasteiger partial charge in [0, 0.05) is 6.20 Å². The molecule has 3 rings (SSSR count). The molecule has 0 aliphatic carbocycles. The lowest BCUT2D eigenvalue weighted by Crippen LogP contribution is -2.51. The van der Waals surface area contributed by atoms with Crippen LogP contribution < -0.4 is 20.1 Å². The number of hydrogen-bond donors (Lipinski definition) is 2. The smallest absolute Gasteiger partial charge is 0.265 e. The van der Waals surface area contributed by atoms with Gasteiger partial charge in [-0.05, 0) is 42.7 Å². The van der Waals surface area contributed by atoms with Crippen molar-refractivity contribution in [3.63, 3.8) is 0 Å². The normalized spacial score (nSPS) is 16.3. The fraction of sp³-hybridized carbons (Fsp3) is 0.316. The third kappa shape index (κ3) is 5.13. The van der Waals surface area contributed by atoms with Crippen LogP contribution in [0.4, 0.5) is 5.82 Å². The van der Waals surface area contributed by atoms with E-state index in [1.54, 1.807) is 48.3 Å². The van der Waals surface area contributed by atoms with Crippen LogP contribution >= 0.6 is 11.8 Å². The second kappa shape index (κ2) is 9.27. The quantitative estimate of drug-likeness (QED) is 0.756. The lowest BCUT2D eigenvalue weighted by molar-refractivity contribution is -0.133. The van der Waals surface area contributed by atoms with Gasteiger partial charge in [-0.1, -0.05) is 18.2 Å². The first-order valence-corrected chi connectivity index (χ1v) is 9.96. The van der Waals surface area contributed by atoms with Crippen LogP contribution in [0.3, 0.4) is 0 Å². The van der Waals surface area contributed by atoms with Crippen molar-refractivity contribution < 1.29 is 19.1 Å². The predicted molar refractivity (Wildman–Crippen MR) is 104 cm³/mol. The van der Waals surface area contributed by atoms with E-state index in [-0.39, 0.29) is 18.4 Å². The predicted octanol–water partition coefficient (Wildman–Crippen LogP) is 2.10. The highest BCUT2D eigenvalue weighted by Crippen LogP contribution is 2.30. The highest BCUT2D eigenvalue weighted by molar-refractivity contribution is 7.98. The van der Waals surface area contributed by atoms with Crippen LogP contribution in [0.25, 0.3) is 0 Å². The van der Waals surface area contributed by atoms with Gasteiger partial charge in [0.25, 0.3) is 5.91 Å². The number of pyridine rings is 1. The maximum Gasteiger partial charge on any atom is 0.265 e. The molecule has 1 aliphatic rings. The molecule has 142 valence electrons. The number of ether oxygens (including phenoxy) is 2. The van der Waals surface area contributed by atoms with Crippen LogP contribution in [-0.2, 0) is 9.59 Å². The van der Waals surface area contributed by atoms with E-state index in [9.17, 15) is 9.59 Å². The number of thioether (sulfide) groups is 1. The maximum absolute atomic E-state index is 12.6. The molecule has 0 radical (unpaired) electrons. The monoisotopic (exact) mass is 387 g/mol. The van der Waals surface area contributed by atoms with Crippen molar-refractivity contribution in [3.8, 4) is 11.5 Å². The van der Waals surface area contributed by atoms with Gasteiger partial charge in [0.05, 0.1) is 0 Å². The van der Waals surface area contributed by atoms with Crippen LogP contribution in [0, 0.1) is 0 Å². The second-order valence-electron chi connectivity index (χ2n) is 5.91. The average molecular weight is 387 g/mol. The van der Waals surface area contributed by atoms with Crippen LogP contribution in [0.15, 0.2) is 48.7 Å². The van der Waals surface area contributed by atoms with Gasteiger partial charge in [0.15, 0.2) is 11.5 Å². The number of aromatic nitrogens is 1. The summed E-state index contributed by atoms with van der Waals surface area (Å²) in [6.07, 6.45) is 3.23. The third-order valence-corrected chi connectivity index (χ3v) is 4.60. The van der Waals surface area contributed by atoms with Crippen molar-refractivity contribution in [2.75, 3.05) is 23.9 Å². The zero-order chi connectivity index (χ0) is 19.1. The van der Waals surface area contributed by atoms with Crippen molar-refractivity contribution in [3.05, 3.63) is 48.7 Å². The molecule has 2 aromatic rings. The Hall–Kier alpha value is -2.74. The highest BCUT2D eigenvalue weighted by Gasteiger charge is 2.30. The zero-order valence-electron chi connectivity index (χ0n) is 14.9. The molecule has 0 unspecified atom stereocenters. The number of benzene rings is 1. The van der Waals surface area contributed by atoms with Gasteiger partial charge in [-0.15, -0.1) is 0 Å². The maximum atomic E-state index is 12.6. The summed E-state index contributed by atoms with van der Waals surface area (Å²) in [5.41, 5.74) is 0. The topological polar surface area (TPSA) is 89.5 Å². The Morgan fingerprint density at radius 3 is 2.74 bits per heavy atom. The molecule has 2 N–H and O–H groups in total. The van der Waals surface area contributed by atoms with Crippen molar-refractivity contribution in [1.82, 2.24) is 10.3 Å². The number of carbonyl (C=O) groups excluding carboxylic acids is 2. The molecule has 0 saturated carbocycles. The largest absolute Gasteiger partial charge is 0.485 e. The molecule has 0 fully saturated rings. The standard InChI is InChI=1S/C19H21N3O4S/c1-27-11-9-13(18(23)22-17-8-4-5-10-20-17)21-19(24)16-12-25-14-6-2-3-7-15(14)26-16/h2-8,10,13,16H,9,11-12H2,1H3,(H,21,24)(H,20,22,23)/t13-,16-/m0/s1. The van der Waals surface area contributed by atoms with Gasteiger partial charge < -0.3 is 20.1 Å². The summed E-state index contributed by atoms with van der Waals surface area (Å²) in [4.78, 5) is 29.3. The minimum atomic E-state index is -0.806. The third-order valence-electron chi connectivity index (χ3n) is 3.96. The summed E-state index contributed by atoms with van der Waals surface area (Å²) in [5.74, 6) is 1.60. The molecular weight excluding hydrogens is 366 g/mol. The van der Waals surface area contributed by atoms with Crippen molar-refractivity contribution in [1.29, 1.82) is 0 Å². The van der Waals surface area contributed by atoms with Crippen LogP contribution in [0.5, 0.6) is 11.5 Å². The molecule has 7 nitrogen and oxygen atoms in total. The van der Waals surface area contributed by atoms with E-state index in [0.717, 1.165) is 5.75 Å². The number of para-hydroxylation sites is 2. The number of carbonyl (C=O) groups is 2. The lowest BCUT2D eigenvalue weighted by atomic mass is 10.2. The molecule has 27 heavy (non-hydrogen) atoms. The Morgan fingerprint density at radius 1 is 1.22 bits per heavy atom. The van der Waals surface area contributed by atoms with E-state index in [0.29, 0.717) is 23.7 Å². The zero-order valence-corrected chi connectivity index (χ0v) is 15.7. The Morgan fingerprint density at radius 2 is 2.00 bits per heavy atom. The molecule has 0 spiro atoms. The van der Waals surface area contributed by atoms with E-state index in [4.69, 9.17) is 9.47 Å². The lowest BCUT2D eigenvalue weighted by Gasteiger charge is -2.27. The summed E-state index contributed by atoms with van der Waals surface area (Å²) >= 11 is 1.60. The molecule has 2 atom stereocenters. The summed E-state index contributed by atoms with van der Waals surface area (Å²) in [6, 6.07) is 11.7. The number of anilines is 1. The van der Waals surface area contributed by atoms with Crippen molar-refractivity contribution >= 4 is 29.4 Å². The van der Waals surface area contributed by atoms with E-state index in [2.05, 4.69) is 15.6 Å². The minimum Gasteiger partial charge on any atom is -0.485 e. The molecule has 0 bridgehead atoms. The molecule has 8 heteroatoms. The minimum absolute atomic E-state index is 0.0972. The fourth-order valence-electron chi connectivity index (χ4n) is 2.57. The highest BCUT2D eigenvalue weighted by atomic mass is 32.2. The molecule has 1 aromatic carbocycles. The van der Waals surface area contributed by atoms with Gasteiger partial charge in [-0.25, -0.2) is 4.98 Å². The van der Waals surface area contributed by atoms with Gasteiger partial charge in [0.1, 0.15) is 18.5 Å². The number of nitrogens with one attached hydrogen (secondary N) is 2. The van der Waals surface area contributed by atoms with E-state index >= 15 is 0 Å². The van der Waals surface area contributed by atoms with Gasteiger partial charge in [-0.2, -0.15) is 11.8 Å². The Labute approximate surface area is 161 Å². The molecule has 2 amide bonds. The number of hydrogen-bond acceptors (Lipinski definition) is 6. The Bertz CT molecular complexity index is 788. The van der Waals surface area contributed by atoms with Crippen LogP contribution in [0.2, 0.25) is 0 Å². The molecular formula is C19H21N3O4S. The summed E-state index contributed by atoms with van der Waals surface area (Å²) < 4.78 is 11.3. The van der Waals surface area contributed by atoms with E-state index < -0.39 is 12.1 Å². The van der Waals surface area contributed by atoms with Crippen molar-refractivity contribution in [2.24, 2.45) is 0 Å². The molecule has 1 aliphatic heterocycles.